The van der Waals surface area contributed by atoms with Gasteiger partial charge in [0.15, 0.2) is 11.6 Å². The van der Waals surface area contributed by atoms with Crippen LogP contribution in [0.1, 0.15) is 81.8 Å². The molecular weight excluding hydrogens is 338 g/mol. The average molecular weight is 371 g/mol. The number of fused-ring (bicyclic) bond motifs is 1. The molecule has 0 atom stereocenters. The van der Waals surface area contributed by atoms with E-state index < -0.39 is 11.6 Å². The van der Waals surface area contributed by atoms with Crippen LogP contribution in [0.5, 0.6) is 0 Å². The number of aryl methyl sites for hydroxylation is 1. The van der Waals surface area contributed by atoms with Gasteiger partial charge < -0.3 is 0 Å². The lowest BCUT2D eigenvalue weighted by Gasteiger charge is -2.29. The van der Waals surface area contributed by atoms with E-state index in [-0.39, 0.29) is 0 Å². The lowest BCUT2D eigenvalue weighted by atomic mass is 9.77. The molecule has 2 aromatic carbocycles. The maximum atomic E-state index is 14.7. The molecule has 0 bridgehead atoms. The van der Waals surface area contributed by atoms with Crippen LogP contribution in [-0.2, 0) is 6.42 Å². The standard InChI is InChI=1S/C25H32F2/c1-3-5-7-9-22-16-21-15-14-20(17-23(21)25(27)24(22)26)19-12-10-18(11-13-19)8-6-4-2/h4,14-19H,2-3,5-13H2,1H3. The molecule has 0 radical (unpaired) electrons. The lowest BCUT2D eigenvalue weighted by molar-refractivity contribution is 0.312. The molecule has 0 unspecified atom stereocenters. The third kappa shape index (κ3) is 4.78. The number of benzene rings is 2. The monoisotopic (exact) mass is 370 g/mol. The minimum absolute atomic E-state index is 0.443. The fourth-order valence-electron chi connectivity index (χ4n) is 4.54. The van der Waals surface area contributed by atoms with E-state index in [1.54, 1.807) is 0 Å². The van der Waals surface area contributed by atoms with E-state index in [1.807, 2.05) is 24.3 Å². The maximum Gasteiger partial charge on any atom is 0.166 e. The third-order valence-corrected chi connectivity index (χ3v) is 6.27. The molecular formula is C25H32F2. The molecule has 2 heteroatoms. The van der Waals surface area contributed by atoms with Gasteiger partial charge in [0.1, 0.15) is 0 Å². The first-order valence-corrected chi connectivity index (χ1v) is 10.7. The van der Waals surface area contributed by atoms with Crippen LogP contribution in [0.15, 0.2) is 36.9 Å². The smallest absolute Gasteiger partial charge is 0.166 e. The average Bonchev–Trinajstić information content (AvgIpc) is 2.70. The Morgan fingerprint density at radius 1 is 1.04 bits per heavy atom. The summed E-state index contributed by atoms with van der Waals surface area (Å²) < 4.78 is 29.3. The lowest BCUT2D eigenvalue weighted by Crippen LogP contribution is -2.13. The van der Waals surface area contributed by atoms with Crippen LogP contribution in [0.4, 0.5) is 8.78 Å². The van der Waals surface area contributed by atoms with Crippen molar-refractivity contribution in [3.8, 4) is 0 Å². The van der Waals surface area contributed by atoms with Gasteiger partial charge in [-0.15, -0.1) is 6.58 Å². The molecule has 1 fully saturated rings. The number of hydrogen-bond donors (Lipinski definition) is 0. The summed E-state index contributed by atoms with van der Waals surface area (Å²) in [5.74, 6) is -0.0509. The Labute approximate surface area is 162 Å². The van der Waals surface area contributed by atoms with Crippen molar-refractivity contribution >= 4 is 10.8 Å². The van der Waals surface area contributed by atoms with E-state index in [4.69, 9.17) is 0 Å². The van der Waals surface area contributed by atoms with Crippen molar-refractivity contribution < 1.29 is 8.78 Å². The molecule has 0 spiro atoms. The van der Waals surface area contributed by atoms with Crippen LogP contribution in [0.2, 0.25) is 0 Å². The van der Waals surface area contributed by atoms with E-state index in [0.717, 1.165) is 49.8 Å². The Kier molecular flexibility index (Phi) is 7.04. The van der Waals surface area contributed by atoms with E-state index in [1.165, 1.54) is 24.8 Å². The predicted molar refractivity (Wildman–Crippen MR) is 111 cm³/mol. The van der Waals surface area contributed by atoms with Crippen LogP contribution in [0, 0.1) is 17.6 Å². The minimum Gasteiger partial charge on any atom is -0.203 e. The largest absolute Gasteiger partial charge is 0.203 e. The van der Waals surface area contributed by atoms with Gasteiger partial charge >= 0.3 is 0 Å². The molecule has 3 rings (SSSR count). The molecule has 146 valence electrons. The van der Waals surface area contributed by atoms with E-state index in [9.17, 15) is 8.78 Å². The molecule has 1 aliphatic carbocycles. The number of halogens is 2. The van der Waals surface area contributed by atoms with Gasteiger partial charge in [0.2, 0.25) is 0 Å². The van der Waals surface area contributed by atoms with Crippen LogP contribution in [0.25, 0.3) is 10.8 Å². The fourth-order valence-corrected chi connectivity index (χ4v) is 4.54. The van der Waals surface area contributed by atoms with Gasteiger partial charge in [-0.25, -0.2) is 8.78 Å². The summed E-state index contributed by atoms with van der Waals surface area (Å²) in [5, 5.41) is 1.27. The molecule has 27 heavy (non-hydrogen) atoms. The van der Waals surface area contributed by atoms with Crippen LogP contribution in [-0.4, -0.2) is 0 Å². The molecule has 1 saturated carbocycles. The Hall–Kier alpha value is -1.70. The highest BCUT2D eigenvalue weighted by Crippen LogP contribution is 2.39. The Bertz CT molecular complexity index is 769. The zero-order chi connectivity index (χ0) is 19.2. The molecule has 0 aliphatic heterocycles. The highest BCUT2D eigenvalue weighted by molar-refractivity contribution is 5.85. The van der Waals surface area contributed by atoms with Gasteiger partial charge in [-0.2, -0.15) is 0 Å². The van der Waals surface area contributed by atoms with Crippen molar-refractivity contribution in [2.24, 2.45) is 5.92 Å². The highest BCUT2D eigenvalue weighted by atomic mass is 19.2. The van der Waals surface area contributed by atoms with Crippen LogP contribution >= 0.6 is 0 Å². The first-order valence-electron chi connectivity index (χ1n) is 10.7. The van der Waals surface area contributed by atoms with Crippen LogP contribution < -0.4 is 0 Å². The predicted octanol–water partition coefficient (Wildman–Crippen LogP) is 8.09. The van der Waals surface area contributed by atoms with Gasteiger partial charge in [0.05, 0.1) is 0 Å². The molecule has 2 aromatic rings. The molecule has 0 amide bonds. The van der Waals surface area contributed by atoms with Crippen molar-refractivity contribution in [2.75, 3.05) is 0 Å². The Morgan fingerprint density at radius 3 is 2.52 bits per heavy atom. The molecule has 1 aliphatic rings. The molecule has 0 saturated heterocycles. The van der Waals surface area contributed by atoms with Crippen molar-refractivity contribution in [3.05, 3.63) is 59.7 Å². The summed E-state index contributed by atoms with van der Waals surface area (Å²) in [6, 6.07) is 7.86. The van der Waals surface area contributed by atoms with E-state index in [0.29, 0.717) is 23.3 Å². The number of hydrogen-bond acceptors (Lipinski definition) is 0. The second kappa shape index (κ2) is 9.48. The highest BCUT2D eigenvalue weighted by Gasteiger charge is 2.23. The zero-order valence-electron chi connectivity index (χ0n) is 16.6. The Balaban J connectivity index is 1.76. The van der Waals surface area contributed by atoms with E-state index >= 15 is 0 Å². The van der Waals surface area contributed by atoms with E-state index in [2.05, 4.69) is 19.6 Å². The molecule has 0 heterocycles. The molecule has 0 nitrogen and oxygen atoms in total. The summed E-state index contributed by atoms with van der Waals surface area (Å²) in [7, 11) is 0. The summed E-state index contributed by atoms with van der Waals surface area (Å²) in [4.78, 5) is 0. The summed E-state index contributed by atoms with van der Waals surface area (Å²) in [6.45, 7) is 5.93. The first-order chi connectivity index (χ1) is 13.1. The maximum absolute atomic E-state index is 14.7. The second-order valence-electron chi connectivity index (χ2n) is 8.19. The first kappa shape index (κ1) is 20.0. The van der Waals surface area contributed by atoms with Gasteiger partial charge in [-0.3, -0.25) is 0 Å². The SMILES string of the molecule is C=CCCC1CCC(c2ccc3cc(CCCCC)c(F)c(F)c3c2)CC1. The molecule has 0 aromatic heterocycles. The topological polar surface area (TPSA) is 0 Å². The van der Waals surface area contributed by atoms with Crippen molar-refractivity contribution in [3.63, 3.8) is 0 Å². The number of unbranched alkanes of at least 4 members (excludes halogenated alkanes) is 2. The normalized spacial score (nSPS) is 20.1. The van der Waals surface area contributed by atoms with Crippen molar-refractivity contribution in [2.45, 2.75) is 77.0 Å². The number of allylic oxidation sites excluding steroid dienone is 1. The van der Waals surface area contributed by atoms with Gasteiger partial charge in [-0.05, 0) is 91.8 Å². The van der Waals surface area contributed by atoms with Gasteiger partial charge in [0, 0.05) is 5.39 Å². The fraction of sp³-hybridized carbons (Fsp3) is 0.520. The summed E-state index contributed by atoms with van der Waals surface area (Å²) in [6.07, 6.45) is 12.7. The van der Waals surface area contributed by atoms with Gasteiger partial charge in [0.25, 0.3) is 0 Å². The van der Waals surface area contributed by atoms with Crippen LogP contribution in [0.3, 0.4) is 0 Å². The summed E-state index contributed by atoms with van der Waals surface area (Å²) in [5.41, 5.74) is 1.69. The zero-order valence-corrected chi connectivity index (χ0v) is 16.6. The van der Waals surface area contributed by atoms with Crippen molar-refractivity contribution in [1.82, 2.24) is 0 Å². The molecule has 0 N–H and O–H groups in total. The quantitative estimate of drug-likeness (QED) is 0.325. The van der Waals surface area contributed by atoms with Gasteiger partial charge in [-0.1, -0.05) is 38.0 Å². The Morgan fingerprint density at radius 2 is 1.81 bits per heavy atom. The summed E-state index contributed by atoms with van der Waals surface area (Å²) >= 11 is 0. The second-order valence-corrected chi connectivity index (χ2v) is 8.19. The third-order valence-electron chi connectivity index (χ3n) is 6.27. The van der Waals surface area contributed by atoms with Crippen molar-refractivity contribution in [1.29, 1.82) is 0 Å². The minimum atomic E-state index is -0.666. The number of rotatable bonds is 8.